The lowest BCUT2D eigenvalue weighted by atomic mass is 9.85. The van der Waals surface area contributed by atoms with Crippen molar-refractivity contribution in [3.8, 4) is 23.0 Å². The molecule has 3 aromatic rings. The number of aromatic hydroxyl groups is 2. The summed E-state index contributed by atoms with van der Waals surface area (Å²) >= 11 is 0. The number of methoxy groups -OCH3 is 2. The molecule has 0 unspecified atom stereocenters. The van der Waals surface area contributed by atoms with Gasteiger partial charge in [-0.1, -0.05) is 59.7 Å². The fourth-order valence-electron chi connectivity index (χ4n) is 8.91. The smallest absolute Gasteiger partial charge is 0.251 e. The van der Waals surface area contributed by atoms with Gasteiger partial charge in [-0.05, 0) is 105 Å². The number of likely N-dealkylation sites (tertiary alicyclic amines) is 2. The van der Waals surface area contributed by atoms with Gasteiger partial charge in [-0.3, -0.25) is 38.4 Å². The lowest BCUT2D eigenvalue weighted by molar-refractivity contribution is -0.144. The molecule has 414 valence electrons. The summed E-state index contributed by atoms with van der Waals surface area (Å²) in [5.74, 6) is -3.90. The highest BCUT2D eigenvalue weighted by Crippen LogP contribution is 2.31. The summed E-state index contributed by atoms with van der Waals surface area (Å²) in [6.07, 6.45) is 0.00628. The van der Waals surface area contributed by atoms with Crippen LogP contribution in [-0.2, 0) is 41.9 Å². The number of phenols is 2. The normalized spacial score (nSPS) is 19.1. The summed E-state index contributed by atoms with van der Waals surface area (Å²) in [4.78, 5) is 114. The molecule has 22 nitrogen and oxygen atoms in total. The van der Waals surface area contributed by atoms with Gasteiger partial charge in [0.15, 0.2) is 23.0 Å². The van der Waals surface area contributed by atoms with Crippen molar-refractivity contribution >= 4 is 47.3 Å². The van der Waals surface area contributed by atoms with E-state index >= 15 is 0 Å². The highest BCUT2D eigenvalue weighted by molar-refractivity contribution is 6.01. The SMILES string of the molecule is CN[C@@H](C)C(=O)N[C@H](C(=O)N1C[C@@H](NC(=O)c2cccc(C(=O)N[C@H]3C[C@@H](C(=O)NCc4ccc(O)c(OC)c4)N(C(=O)[C@@H](NC(=O)[C@H](C)NC)C(C)(C)C)C3)c2)C[C@H]1C(=O)NCc1ccc(O)c(OC)c1)C(C)(C)C. The number of ether oxygens (including phenoxy) is 2. The van der Waals surface area contributed by atoms with Gasteiger partial charge in [0.05, 0.1) is 26.3 Å². The van der Waals surface area contributed by atoms with Crippen LogP contribution in [0, 0.1) is 10.8 Å². The molecule has 0 radical (unpaired) electrons. The van der Waals surface area contributed by atoms with Crippen LogP contribution in [0.2, 0.25) is 0 Å². The molecule has 76 heavy (non-hydrogen) atoms. The maximum absolute atomic E-state index is 14.5. The molecule has 22 heteroatoms. The third kappa shape index (κ3) is 14.9. The van der Waals surface area contributed by atoms with E-state index in [0.29, 0.717) is 11.1 Å². The molecule has 2 heterocycles. The number of benzene rings is 3. The van der Waals surface area contributed by atoms with E-state index in [1.54, 1.807) is 93.8 Å². The molecule has 0 aliphatic carbocycles. The minimum atomic E-state index is -1.08. The summed E-state index contributed by atoms with van der Waals surface area (Å²) in [7, 11) is 6.03. The molecule has 0 saturated carbocycles. The van der Waals surface area contributed by atoms with Crippen molar-refractivity contribution in [3.05, 3.63) is 82.9 Å². The Balaban J connectivity index is 1.35. The first-order chi connectivity index (χ1) is 35.7. The molecule has 5 rings (SSSR count). The molecule has 2 aliphatic heterocycles. The molecule has 10 N–H and O–H groups in total. The Morgan fingerprint density at radius 2 is 0.961 bits per heavy atom. The molecule has 3 aromatic carbocycles. The van der Waals surface area contributed by atoms with Gasteiger partial charge in [0.25, 0.3) is 11.8 Å². The molecule has 0 bridgehead atoms. The van der Waals surface area contributed by atoms with Crippen molar-refractivity contribution in [1.29, 1.82) is 0 Å². The largest absolute Gasteiger partial charge is 0.504 e. The second-order valence-corrected chi connectivity index (χ2v) is 21.5. The highest BCUT2D eigenvalue weighted by Gasteiger charge is 2.47. The molecule has 2 aliphatic rings. The second-order valence-electron chi connectivity index (χ2n) is 21.5. The van der Waals surface area contributed by atoms with Crippen molar-refractivity contribution in [2.45, 2.75) is 130 Å². The first-order valence-corrected chi connectivity index (χ1v) is 25.3. The summed E-state index contributed by atoms with van der Waals surface area (Å²) in [6, 6.07) is 8.09. The number of amides is 8. The third-order valence-electron chi connectivity index (χ3n) is 13.7. The molecule has 0 spiro atoms. The van der Waals surface area contributed by atoms with E-state index in [0.717, 1.165) is 0 Å². The molecule has 0 aromatic heterocycles. The number of nitrogens with one attached hydrogen (secondary N) is 8. The zero-order chi connectivity index (χ0) is 56.4. The predicted molar refractivity (Wildman–Crippen MR) is 282 cm³/mol. The van der Waals surface area contributed by atoms with Gasteiger partial charge in [0.1, 0.15) is 24.2 Å². The zero-order valence-corrected chi connectivity index (χ0v) is 45.5. The average Bonchev–Trinajstić information content (AvgIpc) is 4.01. The fraction of sp³-hybridized carbons (Fsp3) is 0.519. The number of hydrogen-bond donors (Lipinski definition) is 10. The minimum absolute atomic E-state index is 0.00314. The predicted octanol–water partition coefficient (Wildman–Crippen LogP) is 1.42. The number of carbonyl (C=O) groups excluding carboxylic acids is 8. The van der Waals surface area contributed by atoms with Gasteiger partial charge in [0, 0.05) is 49.4 Å². The summed E-state index contributed by atoms with van der Waals surface area (Å²) < 4.78 is 10.4. The van der Waals surface area contributed by atoms with Crippen LogP contribution in [0.15, 0.2) is 60.7 Å². The highest BCUT2D eigenvalue weighted by atomic mass is 16.5. The van der Waals surface area contributed by atoms with Crippen LogP contribution in [0.25, 0.3) is 0 Å². The van der Waals surface area contributed by atoms with E-state index in [9.17, 15) is 48.6 Å². The van der Waals surface area contributed by atoms with Crippen LogP contribution in [0.4, 0.5) is 0 Å². The lowest BCUT2D eigenvalue weighted by Gasteiger charge is -2.36. The summed E-state index contributed by atoms with van der Waals surface area (Å²) in [5.41, 5.74) is -0.204. The standard InChI is InChI=1S/C54H76N10O12/c1-29(55-9)45(67)61-43(53(3,4)5)51(73)63-27-35(23-37(63)49(71)57-25-31-16-18-39(65)41(20-31)75-11)59-47(69)33-14-13-15-34(22-33)48(70)60-36-24-38(50(72)58-26-32-17-19-40(66)42(21-32)76-12)64(28-36)52(74)44(54(6,7)8)62-46(68)30(2)56-10/h13-22,29-30,35-38,43-44,55-56,65-66H,23-28H2,1-12H3,(H,57,71)(H,58,72)(H,59,69)(H,60,70)(H,61,67)(H,62,68)/t29-,30-,35-,36-,37-,38-,43+,44+/m0/s1. The van der Waals surface area contributed by atoms with Gasteiger partial charge in [-0.2, -0.15) is 0 Å². The molecule has 8 amide bonds. The zero-order valence-electron chi connectivity index (χ0n) is 45.5. The Kier molecular flexibility index (Phi) is 19.8. The second kappa shape index (κ2) is 25.4. The van der Waals surface area contributed by atoms with Crippen molar-refractivity contribution in [3.63, 3.8) is 0 Å². The van der Waals surface area contributed by atoms with Crippen LogP contribution in [-0.4, -0.2) is 157 Å². The number of likely N-dealkylation sites (N-methyl/N-ethyl adjacent to an activating group) is 2. The number of rotatable bonds is 20. The van der Waals surface area contributed by atoms with Gasteiger partial charge < -0.3 is 72.0 Å². The van der Waals surface area contributed by atoms with Crippen molar-refractivity contribution in [2.24, 2.45) is 10.8 Å². The number of phenolic OH excluding ortho intramolecular Hbond substituents is 2. The van der Waals surface area contributed by atoms with E-state index < -0.39 is 106 Å². The topological polar surface area (TPSA) is 298 Å². The Bertz CT molecular complexity index is 2460. The van der Waals surface area contributed by atoms with Crippen LogP contribution in [0.5, 0.6) is 23.0 Å². The first kappa shape index (κ1) is 59.4. The Morgan fingerprint density at radius 1 is 0.592 bits per heavy atom. The van der Waals surface area contributed by atoms with Gasteiger partial charge in [0.2, 0.25) is 35.4 Å². The fourth-order valence-corrected chi connectivity index (χ4v) is 8.91. The summed E-state index contributed by atoms with van der Waals surface area (Å²) in [6.45, 7) is 13.9. The molecule has 2 fully saturated rings. The molecule has 8 atom stereocenters. The van der Waals surface area contributed by atoms with E-state index in [-0.39, 0.29) is 73.1 Å². The first-order valence-electron chi connectivity index (χ1n) is 25.3. The maximum atomic E-state index is 14.5. The van der Waals surface area contributed by atoms with Gasteiger partial charge in [-0.25, -0.2) is 0 Å². The molecule has 2 saturated heterocycles. The van der Waals surface area contributed by atoms with E-state index in [4.69, 9.17) is 9.47 Å². The average molecular weight is 1060 g/mol. The summed E-state index contributed by atoms with van der Waals surface area (Å²) in [5, 5.41) is 43.2. The molecular weight excluding hydrogens is 981 g/mol. The van der Waals surface area contributed by atoms with Crippen LogP contribution >= 0.6 is 0 Å². The Hall–Kier alpha value is -7.46. The van der Waals surface area contributed by atoms with Crippen molar-refractivity contribution < 1.29 is 58.0 Å². The van der Waals surface area contributed by atoms with Gasteiger partial charge in [-0.15, -0.1) is 0 Å². The monoisotopic (exact) mass is 1060 g/mol. The number of nitrogens with zero attached hydrogens (tertiary/aromatic N) is 2. The Morgan fingerprint density at radius 3 is 1.29 bits per heavy atom. The minimum Gasteiger partial charge on any atom is -0.504 e. The van der Waals surface area contributed by atoms with Crippen LogP contribution < -0.4 is 52.0 Å². The quantitative estimate of drug-likeness (QED) is 0.0767. The lowest BCUT2D eigenvalue weighted by Crippen LogP contribution is -2.59. The third-order valence-corrected chi connectivity index (χ3v) is 13.7. The van der Waals surface area contributed by atoms with E-state index in [1.165, 1.54) is 60.4 Å². The maximum Gasteiger partial charge on any atom is 0.251 e. The van der Waals surface area contributed by atoms with Crippen molar-refractivity contribution in [2.75, 3.05) is 41.4 Å². The number of hydrogen-bond acceptors (Lipinski definition) is 14. The van der Waals surface area contributed by atoms with Crippen LogP contribution in [0.1, 0.15) is 100 Å². The van der Waals surface area contributed by atoms with Gasteiger partial charge >= 0.3 is 0 Å². The van der Waals surface area contributed by atoms with Crippen molar-refractivity contribution in [1.82, 2.24) is 52.3 Å². The number of carbonyl (C=O) groups is 8. The van der Waals surface area contributed by atoms with E-state index in [1.807, 2.05) is 0 Å². The van der Waals surface area contributed by atoms with E-state index in [2.05, 4.69) is 42.5 Å². The van der Waals surface area contributed by atoms with Crippen LogP contribution in [0.3, 0.4) is 0 Å². The molecular formula is C54H76N10O12. The Labute approximate surface area is 444 Å².